The number of halogens is 2. The molecule has 40 heavy (non-hydrogen) atoms. The summed E-state index contributed by atoms with van der Waals surface area (Å²) in [4.78, 5) is 19.2. The summed E-state index contributed by atoms with van der Waals surface area (Å²) < 4.78 is 25.1. The maximum absolute atomic E-state index is 13.2. The van der Waals surface area contributed by atoms with Crippen molar-refractivity contribution in [3.8, 4) is 16.9 Å². The minimum Gasteiger partial charge on any atom is -0.493 e. The number of carboxylic acid groups (broad SMARTS) is 1. The van der Waals surface area contributed by atoms with Crippen LogP contribution in [0.5, 0.6) is 5.75 Å². The van der Waals surface area contributed by atoms with Gasteiger partial charge in [-0.05, 0) is 74.4 Å². The van der Waals surface area contributed by atoms with Crippen LogP contribution < -0.4 is 9.64 Å². The molecule has 1 atom stereocenters. The van der Waals surface area contributed by atoms with Gasteiger partial charge in [0.15, 0.2) is 6.10 Å². The quantitative estimate of drug-likeness (QED) is 0.266. The number of pyridine rings is 1. The molecule has 3 aromatic rings. The standard InChI is InChI=1S/C32H38ClFN2O4/c1-31(2,3)40-28(30(37)38)26-27(36-17-15-32(4,5)16-18-36)25(20-35-29(26)33)22-8-12-24(13-9-22)39-19-14-21-6-10-23(34)11-7-21/h6-13,20,28H,14-19H2,1-5H3,(H,37,38)/t28-/m0/s1. The highest BCUT2D eigenvalue weighted by Crippen LogP contribution is 2.44. The van der Waals surface area contributed by atoms with Crippen molar-refractivity contribution >= 4 is 23.3 Å². The fourth-order valence-corrected chi connectivity index (χ4v) is 5.11. The van der Waals surface area contributed by atoms with Gasteiger partial charge in [-0.15, -0.1) is 0 Å². The first-order valence-electron chi connectivity index (χ1n) is 13.6. The summed E-state index contributed by atoms with van der Waals surface area (Å²) in [6.07, 6.45) is 3.02. The average molecular weight is 569 g/mol. The molecule has 1 aromatic heterocycles. The van der Waals surface area contributed by atoms with Crippen molar-refractivity contribution in [3.05, 3.63) is 76.8 Å². The van der Waals surface area contributed by atoms with Crippen LogP contribution in [0.4, 0.5) is 10.1 Å². The molecule has 0 aliphatic carbocycles. The third-order valence-electron chi connectivity index (χ3n) is 7.17. The molecule has 2 aromatic carbocycles. The van der Waals surface area contributed by atoms with E-state index in [2.05, 4.69) is 23.7 Å². The first-order valence-corrected chi connectivity index (χ1v) is 14.0. The van der Waals surface area contributed by atoms with E-state index in [1.54, 1.807) is 18.3 Å². The molecule has 2 heterocycles. The van der Waals surface area contributed by atoms with Crippen LogP contribution in [-0.2, 0) is 16.0 Å². The number of rotatable bonds is 9. The molecule has 0 unspecified atom stereocenters. The number of benzene rings is 2. The van der Waals surface area contributed by atoms with Gasteiger partial charge in [-0.2, -0.15) is 0 Å². The number of anilines is 1. The van der Waals surface area contributed by atoms with Gasteiger partial charge < -0.3 is 19.5 Å². The van der Waals surface area contributed by atoms with Gasteiger partial charge >= 0.3 is 5.97 Å². The summed E-state index contributed by atoms with van der Waals surface area (Å²) in [5.41, 5.74) is 3.28. The van der Waals surface area contributed by atoms with E-state index in [-0.39, 0.29) is 16.4 Å². The summed E-state index contributed by atoms with van der Waals surface area (Å²) in [7, 11) is 0. The number of hydrogen-bond acceptors (Lipinski definition) is 5. The lowest BCUT2D eigenvalue weighted by atomic mass is 9.82. The lowest BCUT2D eigenvalue weighted by Gasteiger charge is -2.40. The molecule has 0 amide bonds. The smallest absolute Gasteiger partial charge is 0.337 e. The maximum atomic E-state index is 13.2. The zero-order chi connectivity index (χ0) is 29.1. The summed E-state index contributed by atoms with van der Waals surface area (Å²) in [6, 6.07) is 14.1. The average Bonchev–Trinajstić information content (AvgIpc) is 2.88. The molecule has 8 heteroatoms. The minimum absolute atomic E-state index is 0.126. The zero-order valence-electron chi connectivity index (χ0n) is 23.8. The molecule has 1 aliphatic rings. The first kappa shape index (κ1) is 29.8. The SMILES string of the molecule is CC1(C)CCN(c2c(-c3ccc(OCCc4ccc(F)cc4)cc3)cnc(Cl)c2[C@H](OC(C)(C)C)C(=O)O)CC1. The van der Waals surface area contributed by atoms with Crippen molar-refractivity contribution in [3.63, 3.8) is 0 Å². The molecule has 4 rings (SSSR count). The number of aliphatic carboxylic acids is 1. The topological polar surface area (TPSA) is 71.9 Å². The fraction of sp³-hybridized carbons (Fsp3) is 0.438. The number of nitrogens with zero attached hydrogens (tertiary/aromatic N) is 2. The lowest BCUT2D eigenvalue weighted by Crippen LogP contribution is -2.39. The lowest BCUT2D eigenvalue weighted by molar-refractivity contribution is -0.160. The van der Waals surface area contributed by atoms with E-state index in [4.69, 9.17) is 21.1 Å². The normalized spacial score (nSPS) is 16.0. The monoisotopic (exact) mass is 568 g/mol. The summed E-state index contributed by atoms with van der Waals surface area (Å²) in [5.74, 6) is -0.666. The second kappa shape index (κ2) is 12.1. The molecule has 1 fully saturated rings. The van der Waals surface area contributed by atoms with Crippen molar-refractivity contribution in [2.24, 2.45) is 5.41 Å². The Balaban J connectivity index is 1.67. The number of piperidine rings is 1. The van der Waals surface area contributed by atoms with Crippen molar-refractivity contribution in [1.82, 2.24) is 4.98 Å². The molecule has 214 valence electrons. The van der Waals surface area contributed by atoms with Crippen LogP contribution >= 0.6 is 11.6 Å². The highest BCUT2D eigenvalue weighted by molar-refractivity contribution is 6.31. The number of carboxylic acids is 1. The molecule has 0 saturated carbocycles. The van der Waals surface area contributed by atoms with Crippen LogP contribution in [0.1, 0.15) is 64.7 Å². The van der Waals surface area contributed by atoms with Crippen LogP contribution in [0.15, 0.2) is 54.7 Å². The van der Waals surface area contributed by atoms with Crippen LogP contribution in [-0.4, -0.2) is 41.4 Å². The fourth-order valence-electron chi connectivity index (χ4n) is 4.87. The predicted molar refractivity (Wildman–Crippen MR) is 157 cm³/mol. The summed E-state index contributed by atoms with van der Waals surface area (Å²) in [5, 5.41) is 10.4. The Morgan fingerprint density at radius 2 is 1.73 bits per heavy atom. The van der Waals surface area contributed by atoms with Gasteiger partial charge in [0, 0.05) is 31.3 Å². The van der Waals surface area contributed by atoms with E-state index in [1.807, 2.05) is 45.0 Å². The molecule has 0 radical (unpaired) electrons. The molecule has 0 bridgehead atoms. The Bertz CT molecular complexity index is 1310. The van der Waals surface area contributed by atoms with E-state index in [0.717, 1.165) is 48.3 Å². The van der Waals surface area contributed by atoms with E-state index in [1.165, 1.54) is 12.1 Å². The Labute approximate surface area is 241 Å². The molecule has 6 nitrogen and oxygen atoms in total. The number of ether oxygens (including phenoxy) is 2. The molecule has 1 aliphatic heterocycles. The van der Waals surface area contributed by atoms with Crippen LogP contribution in [0.3, 0.4) is 0 Å². The van der Waals surface area contributed by atoms with E-state index < -0.39 is 17.7 Å². The predicted octanol–water partition coefficient (Wildman–Crippen LogP) is 7.73. The number of carbonyl (C=O) groups is 1. The first-order chi connectivity index (χ1) is 18.8. The van der Waals surface area contributed by atoms with Crippen LogP contribution in [0.25, 0.3) is 11.1 Å². The molecule has 1 N–H and O–H groups in total. The van der Waals surface area contributed by atoms with Gasteiger partial charge in [0.2, 0.25) is 0 Å². The number of hydrogen-bond donors (Lipinski definition) is 1. The van der Waals surface area contributed by atoms with Crippen LogP contribution in [0, 0.1) is 11.2 Å². The second-order valence-electron chi connectivity index (χ2n) is 12.1. The molecular weight excluding hydrogens is 531 g/mol. The van der Waals surface area contributed by atoms with Gasteiger partial charge in [0.25, 0.3) is 0 Å². The van der Waals surface area contributed by atoms with Gasteiger partial charge in [-0.3, -0.25) is 0 Å². The third kappa shape index (κ3) is 7.52. The largest absolute Gasteiger partial charge is 0.493 e. The van der Waals surface area contributed by atoms with E-state index in [9.17, 15) is 14.3 Å². The molecule has 1 saturated heterocycles. The Morgan fingerprint density at radius 3 is 2.30 bits per heavy atom. The van der Waals surface area contributed by atoms with E-state index >= 15 is 0 Å². The van der Waals surface area contributed by atoms with Crippen molar-refractivity contribution in [2.75, 3.05) is 24.6 Å². The summed E-state index contributed by atoms with van der Waals surface area (Å²) in [6.45, 7) is 12.0. The van der Waals surface area contributed by atoms with E-state index in [0.29, 0.717) is 24.3 Å². The molecule has 0 spiro atoms. The highest BCUT2D eigenvalue weighted by atomic mass is 35.5. The Kier molecular flexibility index (Phi) is 9.06. The van der Waals surface area contributed by atoms with Crippen LogP contribution in [0.2, 0.25) is 5.15 Å². The van der Waals surface area contributed by atoms with Gasteiger partial charge in [0.05, 0.1) is 23.5 Å². The van der Waals surface area contributed by atoms with Crippen molar-refractivity contribution < 1.29 is 23.8 Å². The van der Waals surface area contributed by atoms with Gasteiger partial charge in [0.1, 0.15) is 16.7 Å². The third-order valence-corrected chi connectivity index (χ3v) is 7.47. The van der Waals surface area contributed by atoms with Crippen molar-refractivity contribution in [1.29, 1.82) is 0 Å². The van der Waals surface area contributed by atoms with Gasteiger partial charge in [-0.1, -0.05) is 49.7 Å². The minimum atomic E-state index is -1.28. The highest BCUT2D eigenvalue weighted by Gasteiger charge is 2.36. The zero-order valence-corrected chi connectivity index (χ0v) is 24.6. The number of aromatic nitrogens is 1. The molecular formula is C32H38ClFN2O4. The Morgan fingerprint density at radius 1 is 1.10 bits per heavy atom. The summed E-state index contributed by atoms with van der Waals surface area (Å²) >= 11 is 6.65. The maximum Gasteiger partial charge on any atom is 0.337 e. The second-order valence-corrected chi connectivity index (χ2v) is 12.4. The Hall–Kier alpha value is -3.16. The van der Waals surface area contributed by atoms with Crippen molar-refractivity contribution in [2.45, 2.75) is 65.6 Å². The van der Waals surface area contributed by atoms with Gasteiger partial charge in [-0.25, -0.2) is 14.2 Å².